The van der Waals surface area contributed by atoms with Gasteiger partial charge in [0, 0.05) is 13.1 Å². The van der Waals surface area contributed by atoms with E-state index in [2.05, 4.69) is 25.7 Å². The summed E-state index contributed by atoms with van der Waals surface area (Å²) >= 11 is 0. The van der Waals surface area contributed by atoms with Gasteiger partial charge in [0.1, 0.15) is 0 Å². The minimum atomic E-state index is 0.418. The molecule has 1 unspecified atom stereocenters. The summed E-state index contributed by atoms with van der Waals surface area (Å²) in [5.41, 5.74) is 0. The van der Waals surface area contributed by atoms with E-state index in [-0.39, 0.29) is 0 Å². The van der Waals surface area contributed by atoms with E-state index in [9.17, 15) is 0 Å². The van der Waals surface area contributed by atoms with Crippen molar-refractivity contribution in [3.63, 3.8) is 0 Å². The minimum absolute atomic E-state index is 0.418. The van der Waals surface area contributed by atoms with Crippen LogP contribution in [0.5, 0.6) is 0 Å². The van der Waals surface area contributed by atoms with E-state index in [4.69, 9.17) is 4.74 Å². The van der Waals surface area contributed by atoms with Crippen LogP contribution in [0, 0.1) is 5.92 Å². The van der Waals surface area contributed by atoms with Gasteiger partial charge in [-0.1, -0.05) is 20.3 Å². The van der Waals surface area contributed by atoms with E-state index in [0.29, 0.717) is 6.10 Å². The van der Waals surface area contributed by atoms with Crippen LogP contribution in [-0.2, 0) is 4.74 Å². The van der Waals surface area contributed by atoms with Gasteiger partial charge in [-0.15, -0.1) is 0 Å². The molecule has 0 aromatic rings. The number of ether oxygens (including phenoxy) is 1. The zero-order valence-electron chi connectivity index (χ0n) is 9.25. The highest BCUT2D eigenvalue weighted by atomic mass is 16.5. The lowest BCUT2D eigenvalue weighted by atomic mass is 10.0. The lowest BCUT2D eigenvalue weighted by Gasteiger charge is -2.21. The van der Waals surface area contributed by atoms with E-state index in [1.54, 1.807) is 0 Å². The number of hydrogen-bond donors (Lipinski definition) is 0. The van der Waals surface area contributed by atoms with Crippen molar-refractivity contribution in [3.05, 3.63) is 0 Å². The molecule has 0 spiro atoms. The molecule has 13 heavy (non-hydrogen) atoms. The van der Waals surface area contributed by atoms with Crippen LogP contribution >= 0.6 is 0 Å². The molecule has 1 aliphatic heterocycles. The molecular formula is C11H23NO. The van der Waals surface area contributed by atoms with Gasteiger partial charge in [0.2, 0.25) is 0 Å². The Morgan fingerprint density at radius 2 is 2.08 bits per heavy atom. The van der Waals surface area contributed by atoms with Gasteiger partial charge in [-0.3, -0.25) is 0 Å². The molecule has 2 heteroatoms. The lowest BCUT2D eigenvalue weighted by Crippen LogP contribution is -2.31. The molecule has 0 bridgehead atoms. The lowest BCUT2D eigenvalue weighted by molar-refractivity contribution is 0.0542. The first-order chi connectivity index (χ1) is 6.26. The Kier molecular flexibility index (Phi) is 4.74. The molecular weight excluding hydrogens is 162 g/mol. The maximum Gasteiger partial charge on any atom is 0.0674 e. The maximum absolute atomic E-state index is 5.76. The molecule has 0 aromatic heterocycles. The van der Waals surface area contributed by atoms with Crippen molar-refractivity contribution in [2.45, 2.75) is 39.7 Å². The Bertz CT molecular complexity index is 138. The van der Waals surface area contributed by atoms with E-state index in [0.717, 1.165) is 25.6 Å². The van der Waals surface area contributed by atoms with Gasteiger partial charge in [-0.05, 0) is 25.8 Å². The fourth-order valence-corrected chi connectivity index (χ4v) is 2.05. The Labute approximate surface area is 82.3 Å². The maximum atomic E-state index is 5.76. The van der Waals surface area contributed by atoms with Crippen molar-refractivity contribution in [3.8, 4) is 0 Å². The highest BCUT2D eigenvalue weighted by Gasteiger charge is 2.20. The predicted molar refractivity (Wildman–Crippen MR) is 55.9 cm³/mol. The van der Waals surface area contributed by atoms with Crippen LogP contribution in [0.1, 0.15) is 33.6 Å². The molecule has 0 radical (unpaired) electrons. The second-order valence-corrected chi connectivity index (χ2v) is 4.15. The molecule has 2 atom stereocenters. The molecule has 0 aromatic carbocycles. The molecule has 1 fully saturated rings. The smallest absolute Gasteiger partial charge is 0.0674 e. The van der Waals surface area contributed by atoms with Crippen LogP contribution in [0.25, 0.3) is 0 Å². The van der Waals surface area contributed by atoms with Crippen molar-refractivity contribution in [1.29, 1.82) is 0 Å². The van der Waals surface area contributed by atoms with Gasteiger partial charge in [0.25, 0.3) is 0 Å². The van der Waals surface area contributed by atoms with Crippen molar-refractivity contribution < 1.29 is 4.74 Å². The SMILES string of the molecule is CCCC1CO[C@H](C)CN(CC)C1. The van der Waals surface area contributed by atoms with Crippen molar-refractivity contribution in [2.24, 2.45) is 5.92 Å². The third-order valence-electron chi connectivity index (χ3n) is 2.79. The minimum Gasteiger partial charge on any atom is -0.377 e. The fourth-order valence-electron chi connectivity index (χ4n) is 2.05. The predicted octanol–water partition coefficient (Wildman–Crippen LogP) is 2.14. The third kappa shape index (κ3) is 3.65. The summed E-state index contributed by atoms with van der Waals surface area (Å²) < 4.78 is 5.76. The third-order valence-corrected chi connectivity index (χ3v) is 2.79. The second-order valence-electron chi connectivity index (χ2n) is 4.15. The Balaban J connectivity index is 2.41. The molecule has 0 aliphatic carbocycles. The average molecular weight is 185 g/mol. The van der Waals surface area contributed by atoms with Gasteiger partial charge in [-0.2, -0.15) is 0 Å². The molecule has 78 valence electrons. The number of rotatable bonds is 3. The summed E-state index contributed by atoms with van der Waals surface area (Å²) in [4.78, 5) is 2.51. The van der Waals surface area contributed by atoms with Crippen LogP contribution < -0.4 is 0 Å². The Hall–Kier alpha value is -0.0800. The first-order valence-corrected chi connectivity index (χ1v) is 5.60. The van der Waals surface area contributed by atoms with E-state index in [1.165, 1.54) is 19.4 Å². The molecule has 1 rings (SSSR count). The van der Waals surface area contributed by atoms with Crippen molar-refractivity contribution >= 4 is 0 Å². The molecule has 2 nitrogen and oxygen atoms in total. The highest BCUT2D eigenvalue weighted by Crippen LogP contribution is 2.15. The largest absolute Gasteiger partial charge is 0.377 e. The topological polar surface area (TPSA) is 12.5 Å². The number of nitrogens with zero attached hydrogens (tertiary/aromatic N) is 1. The Morgan fingerprint density at radius 1 is 1.31 bits per heavy atom. The second kappa shape index (κ2) is 5.61. The summed E-state index contributed by atoms with van der Waals surface area (Å²) in [7, 11) is 0. The standard InChI is InChI=1S/C11H23NO/c1-4-6-11-8-12(5-2)7-10(3)13-9-11/h10-11H,4-9H2,1-3H3/t10-,11?/m1/s1. The molecule has 0 N–H and O–H groups in total. The summed E-state index contributed by atoms with van der Waals surface area (Å²) in [5.74, 6) is 0.759. The Morgan fingerprint density at radius 3 is 2.69 bits per heavy atom. The highest BCUT2D eigenvalue weighted by molar-refractivity contribution is 4.71. The first kappa shape index (κ1) is 11.0. The van der Waals surface area contributed by atoms with Crippen LogP contribution in [0.15, 0.2) is 0 Å². The average Bonchev–Trinajstić information content (AvgIpc) is 2.29. The summed E-state index contributed by atoms with van der Waals surface area (Å²) in [5, 5.41) is 0. The summed E-state index contributed by atoms with van der Waals surface area (Å²) in [6.45, 7) is 11.1. The molecule has 0 saturated carbocycles. The first-order valence-electron chi connectivity index (χ1n) is 5.60. The molecule has 1 heterocycles. The monoisotopic (exact) mass is 185 g/mol. The van der Waals surface area contributed by atoms with Gasteiger partial charge >= 0.3 is 0 Å². The zero-order valence-corrected chi connectivity index (χ0v) is 9.25. The van der Waals surface area contributed by atoms with Crippen LogP contribution in [0.2, 0.25) is 0 Å². The van der Waals surface area contributed by atoms with Crippen LogP contribution in [-0.4, -0.2) is 37.2 Å². The van der Waals surface area contributed by atoms with E-state index < -0.39 is 0 Å². The normalized spacial score (nSPS) is 31.6. The van der Waals surface area contributed by atoms with Crippen LogP contribution in [0.3, 0.4) is 0 Å². The van der Waals surface area contributed by atoms with Crippen molar-refractivity contribution in [1.82, 2.24) is 4.90 Å². The van der Waals surface area contributed by atoms with E-state index in [1.807, 2.05) is 0 Å². The number of hydrogen-bond acceptors (Lipinski definition) is 2. The summed E-state index contributed by atoms with van der Waals surface area (Å²) in [6.07, 6.45) is 3.00. The summed E-state index contributed by atoms with van der Waals surface area (Å²) in [6, 6.07) is 0. The quantitative estimate of drug-likeness (QED) is 0.668. The van der Waals surface area contributed by atoms with E-state index >= 15 is 0 Å². The molecule has 1 aliphatic rings. The zero-order chi connectivity index (χ0) is 9.68. The van der Waals surface area contributed by atoms with Crippen LogP contribution in [0.4, 0.5) is 0 Å². The number of likely N-dealkylation sites (N-methyl/N-ethyl adjacent to an activating group) is 1. The van der Waals surface area contributed by atoms with Gasteiger partial charge < -0.3 is 9.64 Å². The van der Waals surface area contributed by atoms with Gasteiger partial charge in [0.05, 0.1) is 12.7 Å². The van der Waals surface area contributed by atoms with Gasteiger partial charge in [0.15, 0.2) is 0 Å². The molecule has 1 saturated heterocycles. The molecule has 0 amide bonds. The van der Waals surface area contributed by atoms with Crippen molar-refractivity contribution in [2.75, 3.05) is 26.2 Å². The fraction of sp³-hybridized carbons (Fsp3) is 1.00. The van der Waals surface area contributed by atoms with Gasteiger partial charge in [-0.25, -0.2) is 0 Å².